The molecule has 0 aliphatic carbocycles. The average molecular weight is 215 g/mol. The molecule has 1 aromatic carbocycles. The van der Waals surface area contributed by atoms with E-state index < -0.39 is 5.82 Å². The second kappa shape index (κ2) is 4.56. The molecule has 0 aliphatic heterocycles. The number of carbonyl (C=O) groups is 1. The van der Waals surface area contributed by atoms with Crippen LogP contribution in [0.2, 0.25) is 5.02 Å². The minimum Gasteiger partial charge on any atom is -0.300 e. The highest BCUT2D eigenvalue weighted by Gasteiger charge is 2.10. The van der Waals surface area contributed by atoms with E-state index in [0.717, 1.165) is 5.56 Å². The van der Waals surface area contributed by atoms with E-state index in [1.165, 1.54) is 6.07 Å². The Bertz CT molecular complexity index is 349. The molecule has 76 valence electrons. The Morgan fingerprint density at radius 2 is 2.21 bits per heavy atom. The van der Waals surface area contributed by atoms with Gasteiger partial charge >= 0.3 is 0 Å². The maximum Gasteiger partial charge on any atom is 0.141 e. The molecule has 1 rings (SSSR count). The quantitative estimate of drug-likeness (QED) is 0.752. The fraction of sp³-hybridized carbons (Fsp3) is 0.364. The van der Waals surface area contributed by atoms with Gasteiger partial charge in [-0.25, -0.2) is 4.39 Å². The monoisotopic (exact) mass is 214 g/mol. The zero-order valence-corrected chi connectivity index (χ0v) is 8.94. The summed E-state index contributed by atoms with van der Waals surface area (Å²) in [4.78, 5) is 10.9. The first kappa shape index (κ1) is 11.2. The first-order valence-corrected chi connectivity index (χ1v) is 4.83. The van der Waals surface area contributed by atoms with Crippen LogP contribution in [0.15, 0.2) is 18.2 Å². The van der Waals surface area contributed by atoms with Crippen LogP contribution in [-0.4, -0.2) is 5.78 Å². The molecule has 14 heavy (non-hydrogen) atoms. The molecule has 1 aromatic rings. The highest BCUT2D eigenvalue weighted by atomic mass is 35.5. The van der Waals surface area contributed by atoms with Gasteiger partial charge in [0.1, 0.15) is 11.6 Å². The molecule has 0 N–H and O–H groups in total. The number of benzene rings is 1. The molecular weight excluding hydrogens is 203 g/mol. The van der Waals surface area contributed by atoms with E-state index in [-0.39, 0.29) is 16.7 Å². The zero-order valence-electron chi connectivity index (χ0n) is 8.18. The van der Waals surface area contributed by atoms with Gasteiger partial charge in [0.05, 0.1) is 5.02 Å². The smallest absolute Gasteiger partial charge is 0.141 e. The number of Topliss-reactive ketones (excluding diaryl/α,β-unsaturated/α-hetero) is 1. The standard InChI is InChI=1S/C11H12ClFO/c1-7(5-8(2)14)9-3-4-11(13)10(12)6-9/h3-4,6-7H,5H2,1-2H3. The Morgan fingerprint density at radius 3 is 2.71 bits per heavy atom. The lowest BCUT2D eigenvalue weighted by Crippen LogP contribution is -2.00. The van der Waals surface area contributed by atoms with E-state index in [2.05, 4.69) is 0 Å². The van der Waals surface area contributed by atoms with Gasteiger partial charge < -0.3 is 4.79 Å². The Morgan fingerprint density at radius 1 is 1.57 bits per heavy atom. The predicted octanol–water partition coefficient (Wildman–Crippen LogP) is 3.56. The van der Waals surface area contributed by atoms with Gasteiger partial charge in [-0.2, -0.15) is 0 Å². The van der Waals surface area contributed by atoms with E-state index >= 15 is 0 Å². The molecule has 0 bridgehead atoms. The summed E-state index contributed by atoms with van der Waals surface area (Å²) in [7, 11) is 0. The number of hydrogen-bond acceptors (Lipinski definition) is 1. The van der Waals surface area contributed by atoms with Crippen molar-refractivity contribution in [1.82, 2.24) is 0 Å². The van der Waals surface area contributed by atoms with Crippen molar-refractivity contribution in [1.29, 1.82) is 0 Å². The highest BCUT2D eigenvalue weighted by Crippen LogP contribution is 2.24. The van der Waals surface area contributed by atoms with Crippen molar-refractivity contribution in [2.45, 2.75) is 26.2 Å². The van der Waals surface area contributed by atoms with Gasteiger partial charge in [0.2, 0.25) is 0 Å². The molecule has 0 aliphatic rings. The third-order valence-corrected chi connectivity index (χ3v) is 2.40. The third-order valence-electron chi connectivity index (χ3n) is 2.11. The molecular formula is C11H12ClFO. The maximum absolute atomic E-state index is 12.8. The minimum atomic E-state index is -0.426. The fourth-order valence-electron chi connectivity index (χ4n) is 1.37. The molecule has 0 heterocycles. The second-order valence-corrected chi connectivity index (χ2v) is 3.89. The summed E-state index contributed by atoms with van der Waals surface area (Å²) in [5.74, 6) is -0.214. The molecule has 3 heteroatoms. The van der Waals surface area contributed by atoms with Crippen LogP contribution in [0.1, 0.15) is 31.7 Å². The normalized spacial score (nSPS) is 12.6. The van der Waals surface area contributed by atoms with Crippen molar-refractivity contribution >= 4 is 17.4 Å². The minimum absolute atomic E-state index is 0.0885. The summed E-state index contributed by atoms with van der Waals surface area (Å²) >= 11 is 5.63. The lowest BCUT2D eigenvalue weighted by atomic mass is 9.96. The van der Waals surface area contributed by atoms with Crippen molar-refractivity contribution in [3.63, 3.8) is 0 Å². The van der Waals surface area contributed by atoms with Gasteiger partial charge in [-0.1, -0.05) is 24.6 Å². The molecule has 0 aromatic heterocycles. The van der Waals surface area contributed by atoms with Crippen LogP contribution in [0.5, 0.6) is 0 Å². The predicted molar refractivity (Wildman–Crippen MR) is 55.1 cm³/mol. The lowest BCUT2D eigenvalue weighted by molar-refractivity contribution is -0.117. The van der Waals surface area contributed by atoms with Crippen LogP contribution < -0.4 is 0 Å². The average Bonchev–Trinajstić information content (AvgIpc) is 2.08. The Hall–Kier alpha value is -0.890. The van der Waals surface area contributed by atoms with Gasteiger partial charge in [0, 0.05) is 6.42 Å². The molecule has 0 spiro atoms. The van der Waals surface area contributed by atoms with Gasteiger partial charge in [0.25, 0.3) is 0 Å². The van der Waals surface area contributed by atoms with Gasteiger partial charge in [-0.15, -0.1) is 0 Å². The van der Waals surface area contributed by atoms with Crippen LogP contribution >= 0.6 is 11.6 Å². The number of halogens is 2. The summed E-state index contributed by atoms with van der Waals surface area (Å²) in [6.07, 6.45) is 0.460. The van der Waals surface area contributed by atoms with Crippen LogP contribution in [0.3, 0.4) is 0 Å². The number of ketones is 1. The fourth-order valence-corrected chi connectivity index (χ4v) is 1.56. The third kappa shape index (κ3) is 2.81. The number of carbonyl (C=O) groups excluding carboxylic acids is 1. The maximum atomic E-state index is 12.8. The van der Waals surface area contributed by atoms with Gasteiger partial charge in [0.15, 0.2) is 0 Å². The summed E-state index contributed by atoms with van der Waals surface area (Å²) in [5, 5.41) is 0.109. The topological polar surface area (TPSA) is 17.1 Å². The molecule has 0 fully saturated rings. The Labute approximate surface area is 87.9 Å². The SMILES string of the molecule is CC(=O)CC(C)c1ccc(F)c(Cl)c1. The van der Waals surface area contributed by atoms with E-state index in [1.54, 1.807) is 19.1 Å². The molecule has 1 unspecified atom stereocenters. The molecule has 0 radical (unpaired) electrons. The van der Waals surface area contributed by atoms with E-state index in [0.29, 0.717) is 6.42 Å². The van der Waals surface area contributed by atoms with Crippen molar-refractivity contribution in [3.8, 4) is 0 Å². The molecule has 0 amide bonds. The first-order valence-electron chi connectivity index (χ1n) is 4.45. The van der Waals surface area contributed by atoms with E-state index in [4.69, 9.17) is 11.6 Å². The summed E-state index contributed by atoms with van der Waals surface area (Å²) in [5.41, 5.74) is 0.895. The summed E-state index contributed by atoms with van der Waals surface area (Å²) < 4.78 is 12.8. The van der Waals surface area contributed by atoms with Crippen LogP contribution in [0.25, 0.3) is 0 Å². The molecule has 0 saturated heterocycles. The zero-order chi connectivity index (χ0) is 10.7. The number of rotatable bonds is 3. The molecule has 1 nitrogen and oxygen atoms in total. The lowest BCUT2D eigenvalue weighted by Gasteiger charge is -2.10. The van der Waals surface area contributed by atoms with Gasteiger partial charge in [-0.05, 0) is 30.5 Å². The van der Waals surface area contributed by atoms with Crippen LogP contribution in [0, 0.1) is 5.82 Å². The molecule has 0 saturated carbocycles. The van der Waals surface area contributed by atoms with E-state index in [1.807, 2.05) is 6.92 Å². The number of hydrogen-bond donors (Lipinski definition) is 0. The summed E-state index contributed by atoms with van der Waals surface area (Å²) in [6, 6.07) is 4.56. The Kier molecular flexibility index (Phi) is 3.64. The van der Waals surface area contributed by atoms with Crippen LogP contribution in [-0.2, 0) is 4.79 Å². The van der Waals surface area contributed by atoms with Crippen molar-refractivity contribution in [3.05, 3.63) is 34.6 Å². The highest BCUT2D eigenvalue weighted by molar-refractivity contribution is 6.30. The van der Waals surface area contributed by atoms with E-state index in [9.17, 15) is 9.18 Å². The van der Waals surface area contributed by atoms with Crippen LogP contribution in [0.4, 0.5) is 4.39 Å². The first-order chi connectivity index (χ1) is 6.50. The van der Waals surface area contributed by atoms with Crippen molar-refractivity contribution in [2.24, 2.45) is 0 Å². The summed E-state index contributed by atoms with van der Waals surface area (Å²) in [6.45, 7) is 3.46. The second-order valence-electron chi connectivity index (χ2n) is 3.48. The van der Waals surface area contributed by atoms with Crippen molar-refractivity contribution in [2.75, 3.05) is 0 Å². The van der Waals surface area contributed by atoms with Gasteiger partial charge in [-0.3, -0.25) is 0 Å². The van der Waals surface area contributed by atoms with Crippen molar-refractivity contribution < 1.29 is 9.18 Å². The largest absolute Gasteiger partial charge is 0.300 e. The molecule has 1 atom stereocenters. The Balaban J connectivity index is 2.85.